The molecule has 2 N–H and O–H groups in total. The molecule has 1 aromatic heterocycles. The van der Waals surface area contributed by atoms with Gasteiger partial charge in [-0.25, -0.2) is 0 Å². The molecule has 1 fully saturated rings. The fraction of sp³-hybridized carbons (Fsp3) is 0.500. The van der Waals surface area contributed by atoms with Crippen molar-refractivity contribution >= 4 is 49.1 Å². The molecule has 2 heterocycles. The molecular weight excluding hydrogens is 372 g/mol. The van der Waals surface area contributed by atoms with E-state index in [1.165, 1.54) is 11.3 Å². The van der Waals surface area contributed by atoms with E-state index in [4.69, 9.17) is 4.74 Å². The van der Waals surface area contributed by atoms with E-state index in [1.54, 1.807) is 0 Å². The summed E-state index contributed by atoms with van der Waals surface area (Å²) in [5, 5.41) is 6.10. The van der Waals surface area contributed by atoms with Crippen LogP contribution in [0.4, 0.5) is 0 Å². The maximum atomic E-state index is 11.9. The van der Waals surface area contributed by atoms with E-state index in [0.29, 0.717) is 18.7 Å². The van der Waals surface area contributed by atoms with Crippen LogP contribution >= 0.6 is 43.2 Å². The maximum Gasteiger partial charge on any atom is 0.253 e. The Morgan fingerprint density at radius 3 is 3.06 bits per heavy atom. The normalized spacial score (nSPS) is 20.2. The van der Waals surface area contributed by atoms with E-state index in [1.807, 2.05) is 6.07 Å². The van der Waals surface area contributed by atoms with Gasteiger partial charge in [-0.2, -0.15) is 0 Å². The van der Waals surface area contributed by atoms with E-state index in [2.05, 4.69) is 42.5 Å². The number of hydrogen-bond acceptors (Lipinski definition) is 4. The van der Waals surface area contributed by atoms with Crippen LogP contribution in [0.1, 0.15) is 10.4 Å². The Morgan fingerprint density at radius 1 is 1.65 bits per heavy atom. The lowest BCUT2D eigenvalue weighted by atomic mass is 10.3. The van der Waals surface area contributed by atoms with E-state index in [9.17, 15) is 4.79 Å². The van der Waals surface area contributed by atoms with Crippen LogP contribution in [0, 0.1) is 0 Å². The average molecular weight is 384 g/mol. The molecule has 94 valence electrons. The highest BCUT2D eigenvalue weighted by atomic mass is 79.9. The number of rotatable bonds is 3. The smallest absolute Gasteiger partial charge is 0.253 e. The molecule has 17 heavy (non-hydrogen) atoms. The Kier molecular flexibility index (Phi) is 4.98. The lowest BCUT2D eigenvalue weighted by molar-refractivity contribution is 0.0287. The van der Waals surface area contributed by atoms with Crippen LogP contribution in [0.2, 0.25) is 0 Å². The molecule has 1 saturated heterocycles. The summed E-state index contributed by atoms with van der Waals surface area (Å²) >= 11 is 8.21. The van der Waals surface area contributed by atoms with Crippen molar-refractivity contribution in [2.75, 3.05) is 26.2 Å². The predicted molar refractivity (Wildman–Crippen MR) is 74.7 cm³/mol. The fourth-order valence-electron chi connectivity index (χ4n) is 1.55. The summed E-state index contributed by atoms with van der Waals surface area (Å²) in [5.41, 5.74) is 0.658. The third-order valence-electron chi connectivity index (χ3n) is 2.40. The molecule has 0 bridgehead atoms. The van der Waals surface area contributed by atoms with Crippen molar-refractivity contribution in [3.8, 4) is 0 Å². The summed E-state index contributed by atoms with van der Waals surface area (Å²) < 4.78 is 7.28. The topological polar surface area (TPSA) is 50.4 Å². The average Bonchev–Trinajstić information content (AvgIpc) is 2.67. The predicted octanol–water partition coefficient (Wildman–Crippen LogP) is 1.99. The first-order chi connectivity index (χ1) is 8.16. The molecule has 7 heteroatoms. The number of morpholine rings is 1. The summed E-state index contributed by atoms with van der Waals surface area (Å²) in [5.74, 6) is -0.0759. The minimum absolute atomic E-state index is 0.0635. The van der Waals surface area contributed by atoms with Crippen LogP contribution in [0.5, 0.6) is 0 Å². The van der Waals surface area contributed by atoms with Gasteiger partial charge in [0.15, 0.2) is 0 Å². The molecule has 0 saturated carbocycles. The molecule has 1 aromatic rings. The van der Waals surface area contributed by atoms with Gasteiger partial charge in [-0.05, 0) is 37.9 Å². The summed E-state index contributed by atoms with van der Waals surface area (Å²) in [6.07, 6.45) is 0.0635. The molecule has 1 atom stereocenters. The first kappa shape index (κ1) is 13.5. The van der Waals surface area contributed by atoms with Crippen LogP contribution in [-0.2, 0) is 4.74 Å². The second-order valence-electron chi connectivity index (χ2n) is 3.64. The minimum atomic E-state index is -0.0759. The Labute approximate surface area is 120 Å². The van der Waals surface area contributed by atoms with Crippen molar-refractivity contribution in [1.29, 1.82) is 0 Å². The number of amides is 1. The molecule has 0 spiro atoms. The van der Waals surface area contributed by atoms with Crippen LogP contribution in [0.25, 0.3) is 0 Å². The number of halogens is 2. The van der Waals surface area contributed by atoms with Crippen LogP contribution in [0.3, 0.4) is 0 Å². The van der Waals surface area contributed by atoms with Gasteiger partial charge in [-0.3, -0.25) is 4.79 Å². The zero-order valence-electron chi connectivity index (χ0n) is 8.96. The molecule has 2 rings (SSSR count). The van der Waals surface area contributed by atoms with Crippen LogP contribution in [-0.4, -0.2) is 38.3 Å². The van der Waals surface area contributed by atoms with Gasteiger partial charge in [0.05, 0.1) is 25.8 Å². The Bertz CT molecular complexity index is 405. The first-order valence-corrected chi connectivity index (χ1v) is 7.62. The third-order valence-corrected chi connectivity index (χ3v) is 4.74. The van der Waals surface area contributed by atoms with Gasteiger partial charge >= 0.3 is 0 Å². The Balaban J connectivity index is 1.86. The zero-order valence-corrected chi connectivity index (χ0v) is 13.0. The van der Waals surface area contributed by atoms with Gasteiger partial charge in [0.25, 0.3) is 5.91 Å². The summed E-state index contributed by atoms with van der Waals surface area (Å²) in [6.45, 7) is 2.90. The number of nitrogens with one attached hydrogen (secondary N) is 2. The van der Waals surface area contributed by atoms with Gasteiger partial charge in [0, 0.05) is 19.6 Å². The molecule has 4 nitrogen and oxygen atoms in total. The van der Waals surface area contributed by atoms with Crippen molar-refractivity contribution in [1.82, 2.24) is 10.6 Å². The summed E-state index contributed by atoms with van der Waals surface area (Å²) in [7, 11) is 0. The molecule has 1 aliphatic heterocycles. The van der Waals surface area contributed by atoms with Gasteiger partial charge in [0.1, 0.15) is 0 Å². The van der Waals surface area contributed by atoms with E-state index < -0.39 is 0 Å². The Hall–Kier alpha value is 0.0500. The van der Waals surface area contributed by atoms with E-state index in [-0.39, 0.29) is 12.0 Å². The SMILES string of the molecule is O=C(NCC1CNCCO1)c1cc(Br)sc1Br. The fourth-order valence-corrected chi connectivity index (χ4v) is 4.34. The van der Waals surface area contributed by atoms with Crippen molar-refractivity contribution in [3.63, 3.8) is 0 Å². The molecule has 0 radical (unpaired) electrons. The number of hydrogen-bond donors (Lipinski definition) is 2. The second kappa shape index (κ2) is 6.29. The van der Waals surface area contributed by atoms with Crippen LogP contribution < -0.4 is 10.6 Å². The van der Waals surface area contributed by atoms with Crippen molar-refractivity contribution in [2.24, 2.45) is 0 Å². The monoisotopic (exact) mass is 382 g/mol. The second-order valence-corrected chi connectivity index (χ2v) is 7.39. The first-order valence-electron chi connectivity index (χ1n) is 5.22. The number of carbonyl (C=O) groups excluding carboxylic acids is 1. The lowest BCUT2D eigenvalue weighted by Gasteiger charge is -2.23. The quantitative estimate of drug-likeness (QED) is 0.839. The minimum Gasteiger partial charge on any atom is -0.374 e. The number of thiophene rings is 1. The van der Waals surface area contributed by atoms with Gasteiger partial charge in [0.2, 0.25) is 0 Å². The summed E-state index contributed by atoms with van der Waals surface area (Å²) in [6, 6.07) is 1.81. The Morgan fingerprint density at radius 2 is 2.47 bits per heavy atom. The van der Waals surface area contributed by atoms with Crippen molar-refractivity contribution < 1.29 is 9.53 Å². The van der Waals surface area contributed by atoms with Crippen molar-refractivity contribution in [3.05, 3.63) is 19.2 Å². The van der Waals surface area contributed by atoms with Gasteiger partial charge in [-0.15, -0.1) is 11.3 Å². The molecular formula is C10H12Br2N2O2S. The molecule has 0 aliphatic carbocycles. The third kappa shape index (κ3) is 3.75. The summed E-state index contributed by atoms with van der Waals surface area (Å²) in [4.78, 5) is 11.9. The highest BCUT2D eigenvalue weighted by Crippen LogP contribution is 2.31. The maximum absolute atomic E-state index is 11.9. The van der Waals surface area contributed by atoms with Crippen LogP contribution in [0.15, 0.2) is 13.6 Å². The largest absolute Gasteiger partial charge is 0.374 e. The molecule has 1 unspecified atom stereocenters. The molecule has 1 amide bonds. The number of carbonyl (C=O) groups is 1. The standard InChI is InChI=1S/C10H12Br2N2O2S/c11-8-3-7(9(12)17-8)10(15)14-5-6-4-13-1-2-16-6/h3,6,13H,1-2,4-5H2,(H,14,15). The lowest BCUT2D eigenvalue weighted by Crippen LogP contribution is -2.45. The zero-order chi connectivity index (χ0) is 12.3. The highest BCUT2D eigenvalue weighted by molar-refractivity contribution is 9.12. The molecule has 1 aliphatic rings. The van der Waals surface area contributed by atoms with Gasteiger partial charge < -0.3 is 15.4 Å². The van der Waals surface area contributed by atoms with Crippen molar-refractivity contribution in [2.45, 2.75) is 6.10 Å². The molecule has 0 aromatic carbocycles. The highest BCUT2D eigenvalue weighted by Gasteiger charge is 2.17. The van der Waals surface area contributed by atoms with Gasteiger partial charge in [-0.1, -0.05) is 0 Å². The van der Waals surface area contributed by atoms with E-state index >= 15 is 0 Å². The van der Waals surface area contributed by atoms with E-state index in [0.717, 1.165) is 20.7 Å². The number of ether oxygens (including phenoxy) is 1.